The van der Waals surface area contributed by atoms with Crippen molar-refractivity contribution in [3.8, 4) is 0 Å². The van der Waals surface area contributed by atoms with Crippen LogP contribution in [-0.2, 0) is 4.79 Å². The lowest BCUT2D eigenvalue weighted by Gasteiger charge is -2.15. The lowest BCUT2D eigenvalue weighted by atomic mass is 10.2. The van der Waals surface area contributed by atoms with Crippen molar-refractivity contribution in [2.45, 2.75) is 12.5 Å². The van der Waals surface area contributed by atoms with Crippen LogP contribution < -0.4 is 10.6 Å². The molecule has 3 rings (SSSR count). The fraction of sp³-hybridized carbons (Fsp3) is 0.273. The number of nitrogens with zero attached hydrogens (tertiary/aromatic N) is 1. The third kappa shape index (κ3) is 1.75. The molecule has 0 radical (unpaired) electrons. The molecule has 1 aromatic carbocycles. The molecule has 17 heavy (non-hydrogen) atoms. The number of aromatic amines is 2. The Bertz CT molecular complexity index is 644. The second-order valence-corrected chi connectivity index (χ2v) is 4.69. The summed E-state index contributed by atoms with van der Waals surface area (Å²) in [5.74, 6) is 0.0750. The molecule has 5 nitrogen and oxygen atoms in total. The maximum atomic E-state index is 11.7. The van der Waals surface area contributed by atoms with E-state index in [1.165, 1.54) is 0 Å². The molecular formula is C11H12N4OS. The molecule has 0 saturated carbocycles. The van der Waals surface area contributed by atoms with Crippen LogP contribution in [0.3, 0.4) is 0 Å². The Morgan fingerprint density at radius 2 is 2.12 bits per heavy atom. The molecule has 0 bridgehead atoms. The van der Waals surface area contributed by atoms with Gasteiger partial charge in [-0.2, -0.15) is 0 Å². The van der Waals surface area contributed by atoms with Crippen molar-refractivity contribution < 1.29 is 4.79 Å². The summed E-state index contributed by atoms with van der Waals surface area (Å²) in [6, 6.07) is 5.66. The second-order valence-electron chi connectivity index (χ2n) is 4.28. The standard InChI is InChI=1S/C11H12N4OS/c12-6-3-10(16)15(5-6)7-1-2-8-9(4-7)14-11(17)13-8/h1-2,4,6H,3,5,12H2,(H2,13,14,17). The molecule has 0 aliphatic carbocycles. The molecular weight excluding hydrogens is 236 g/mol. The summed E-state index contributed by atoms with van der Waals surface area (Å²) < 4.78 is 0.585. The van der Waals surface area contributed by atoms with Gasteiger partial charge in [-0.15, -0.1) is 0 Å². The Morgan fingerprint density at radius 3 is 2.82 bits per heavy atom. The number of rotatable bonds is 1. The van der Waals surface area contributed by atoms with Gasteiger partial charge in [-0.3, -0.25) is 4.79 Å². The van der Waals surface area contributed by atoms with Gasteiger partial charge in [-0.1, -0.05) is 0 Å². The molecule has 1 aliphatic rings. The molecule has 2 heterocycles. The second kappa shape index (κ2) is 3.68. The largest absolute Gasteiger partial charge is 0.331 e. The van der Waals surface area contributed by atoms with Crippen LogP contribution in [0.1, 0.15) is 6.42 Å². The number of fused-ring (bicyclic) bond motifs is 1. The van der Waals surface area contributed by atoms with E-state index in [0.29, 0.717) is 17.7 Å². The molecule has 6 heteroatoms. The lowest BCUT2D eigenvalue weighted by Crippen LogP contribution is -2.27. The Labute approximate surface area is 103 Å². The van der Waals surface area contributed by atoms with E-state index >= 15 is 0 Å². The Hall–Kier alpha value is -1.66. The number of carbonyl (C=O) groups excluding carboxylic acids is 1. The molecule has 1 aliphatic heterocycles. The van der Waals surface area contributed by atoms with E-state index in [0.717, 1.165) is 16.7 Å². The topological polar surface area (TPSA) is 77.9 Å². The van der Waals surface area contributed by atoms with Gasteiger partial charge in [0.1, 0.15) is 0 Å². The van der Waals surface area contributed by atoms with Crippen molar-refractivity contribution >= 4 is 34.8 Å². The Morgan fingerprint density at radius 1 is 1.35 bits per heavy atom. The number of imidazole rings is 1. The zero-order chi connectivity index (χ0) is 12.0. The van der Waals surface area contributed by atoms with E-state index in [2.05, 4.69) is 9.97 Å². The first-order chi connectivity index (χ1) is 8.13. The van der Waals surface area contributed by atoms with Gasteiger partial charge in [0.05, 0.1) is 11.0 Å². The highest BCUT2D eigenvalue weighted by atomic mass is 32.1. The van der Waals surface area contributed by atoms with Crippen LogP contribution in [0.2, 0.25) is 0 Å². The van der Waals surface area contributed by atoms with Gasteiger partial charge in [-0.25, -0.2) is 0 Å². The number of H-pyrrole nitrogens is 2. The molecule has 0 spiro atoms. The molecule has 1 fully saturated rings. The number of hydrogen-bond acceptors (Lipinski definition) is 3. The molecule has 1 amide bonds. The van der Waals surface area contributed by atoms with E-state index in [9.17, 15) is 4.79 Å². The predicted octanol–water partition coefficient (Wildman–Crippen LogP) is 1.29. The monoisotopic (exact) mass is 248 g/mol. The highest BCUT2D eigenvalue weighted by molar-refractivity contribution is 7.71. The number of benzene rings is 1. The number of carbonyl (C=O) groups is 1. The summed E-state index contributed by atoms with van der Waals surface area (Å²) >= 11 is 5.02. The Balaban J connectivity index is 2.06. The first-order valence-corrected chi connectivity index (χ1v) is 5.82. The summed E-state index contributed by atoms with van der Waals surface area (Å²) in [6.45, 7) is 0.579. The molecule has 88 valence electrons. The average molecular weight is 248 g/mol. The summed E-state index contributed by atoms with van der Waals surface area (Å²) in [5, 5.41) is 0. The zero-order valence-corrected chi connectivity index (χ0v) is 9.88. The molecule has 1 aromatic heterocycles. The molecule has 2 aromatic rings. The maximum Gasteiger partial charge on any atom is 0.228 e. The van der Waals surface area contributed by atoms with Crippen LogP contribution in [0.4, 0.5) is 5.69 Å². The normalized spacial score (nSPS) is 20.4. The minimum Gasteiger partial charge on any atom is -0.331 e. The van der Waals surface area contributed by atoms with Gasteiger partial charge in [-0.05, 0) is 30.4 Å². The smallest absolute Gasteiger partial charge is 0.228 e. The number of anilines is 1. The number of amides is 1. The summed E-state index contributed by atoms with van der Waals surface area (Å²) in [4.78, 5) is 19.5. The van der Waals surface area contributed by atoms with E-state index < -0.39 is 0 Å². The van der Waals surface area contributed by atoms with Crippen LogP contribution >= 0.6 is 12.2 Å². The van der Waals surface area contributed by atoms with E-state index in [4.69, 9.17) is 18.0 Å². The van der Waals surface area contributed by atoms with Gasteiger partial charge in [0.15, 0.2) is 4.77 Å². The zero-order valence-electron chi connectivity index (χ0n) is 9.06. The quantitative estimate of drug-likeness (QED) is 0.665. The van der Waals surface area contributed by atoms with Gasteiger partial charge < -0.3 is 20.6 Å². The molecule has 1 atom stereocenters. The van der Waals surface area contributed by atoms with E-state index in [1.807, 2.05) is 18.2 Å². The third-order valence-electron chi connectivity index (χ3n) is 2.97. The van der Waals surface area contributed by atoms with Crippen molar-refractivity contribution in [2.24, 2.45) is 5.73 Å². The fourth-order valence-corrected chi connectivity index (χ4v) is 2.39. The molecule has 4 N–H and O–H groups in total. The minimum atomic E-state index is -0.0667. The summed E-state index contributed by atoms with van der Waals surface area (Å²) in [7, 11) is 0. The number of nitrogens with one attached hydrogen (secondary N) is 2. The third-order valence-corrected chi connectivity index (χ3v) is 3.17. The van der Waals surface area contributed by atoms with Crippen LogP contribution in [0, 0.1) is 4.77 Å². The molecule has 1 saturated heterocycles. The first kappa shape index (κ1) is 10.5. The number of nitrogens with two attached hydrogens (primary N) is 1. The highest BCUT2D eigenvalue weighted by Crippen LogP contribution is 2.24. The average Bonchev–Trinajstić information content (AvgIpc) is 2.78. The minimum absolute atomic E-state index is 0.0667. The van der Waals surface area contributed by atoms with Crippen molar-refractivity contribution in [1.29, 1.82) is 0 Å². The van der Waals surface area contributed by atoms with Gasteiger partial charge in [0, 0.05) is 24.7 Å². The van der Waals surface area contributed by atoms with Crippen molar-refractivity contribution in [1.82, 2.24) is 9.97 Å². The van der Waals surface area contributed by atoms with Crippen molar-refractivity contribution in [3.63, 3.8) is 0 Å². The fourth-order valence-electron chi connectivity index (χ4n) is 2.17. The van der Waals surface area contributed by atoms with Gasteiger partial charge in [0.2, 0.25) is 5.91 Å². The van der Waals surface area contributed by atoms with Crippen molar-refractivity contribution in [2.75, 3.05) is 11.4 Å². The van der Waals surface area contributed by atoms with Crippen LogP contribution in [0.15, 0.2) is 18.2 Å². The summed E-state index contributed by atoms with van der Waals surface area (Å²) in [5.41, 5.74) is 8.48. The van der Waals surface area contributed by atoms with E-state index in [1.54, 1.807) is 4.90 Å². The number of hydrogen-bond donors (Lipinski definition) is 3. The molecule has 1 unspecified atom stereocenters. The van der Waals surface area contributed by atoms with Crippen LogP contribution in [0.5, 0.6) is 0 Å². The van der Waals surface area contributed by atoms with Crippen LogP contribution in [-0.4, -0.2) is 28.5 Å². The number of aromatic nitrogens is 2. The lowest BCUT2D eigenvalue weighted by molar-refractivity contribution is -0.117. The van der Waals surface area contributed by atoms with Gasteiger partial charge >= 0.3 is 0 Å². The van der Waals surface area contributed by atoms with Gasteiger partial charge in [0.25, 0.3) is 0 Å². The van der Waals surface area contributed by atoms with Crippen molar-refractivity contribution in [3.05, 3.63) is 23.0 Å². The predicted molar refractivity (Wildman–Crippen MR) is 68.4 cm³/mol. The Kier molecular flexibility index (Phi) is 2.27. The maximum absolute atomic E-state index is 11.7. The summed E-state index contributed by atoms with van der Waals surface area (Å²) in [6.07, 6.45) is 0.418. The van der Waals surface area contributed by atoms with E-state index in [-0.39, 0.29) is 11.9 Å². The first-order valence-electron chi connectivity index (χ1n) is 5.41. The van der Waals surface area contributed by atoms with Crippen LogP contribution in [0.25, 0.3) is 11.0 Å². The highest BCUT2D eigenvalue weighted by Gasteiger charge is 2.28. The SMILES string of the molecule is NC1CC(=O)N(c2ccc3[nH]c(=S)[nH]c3c2)C1.